The molecule has 0 unspecified atom stereocenters. The molecule has 0 aromatic rings. The molecule has 2 fully saturated rings. The molecule has 17 heavy (non-hydrogen) atoms. The van der Waals surface area contributed by atoms with E-state index < -0.39 is 0 Å². The summed E-state index contributed by atoms with van der Waals surface area (Å²) >= 11 is 0. The number of hydrogen-bond acceptors (Lipinski definition) is 3. The van der Waals surface area contributed by atoms with Crippen LogP contribution in [0.1, 0.15) is 43.1 Å². The molecule has 2 saturated heterocycles. The van der Waals surface area contributed by atoms with Crippen molar-refractivity contribution in [3.05, 3.63) is 0 Å². The van der Waals surface area contributed by atoms with Crippen molar-refractivity contribution in [2.45, 2.75) is 43.1 Å². The minimum absolute atomic E-state index is 0. The van der Waals surface area contributed by atoms with E-state index in [1.807, 2.05) is 0 Å². The van der Waals surface area contributed by atoms with Crippen molar-refractivity contribution in [3.8, 4) is 0 Å². The highest BCUT2D eigenvalue weighted by atomic mass is 16.5. The smallest absolute Gasteiger partial charge is 0.0539 e. The maximum atomic E-state index is 4.94. The Balaban J connectivity index is -0.0000000718. The quantitative estimate of drug-likeness (QED) is 0.655. The molecule has 0 aromatic heterocycles. The van der Waals surface area contributed by atoms with Crippen molar-refractivity contribution in [1.29, 1.82) is 0 Å². The van der Waals surface area contributed by atoms with Crippen LogP contribution in [0.5, 0.6) is 0 Å². The van der Waals surface area contributed by atoms with Crippen molar-refractivity contribution in [2.75, 3.05) is 40.6 Å². The van der Waals surface area contributed by atoms with Crippen LogP contribution in [0, 0.1) is 11.3 Å². The first kappa shape index (κ1) is 25.7. The van der Waals surface area contributed by atoms with Crippen LogP contribution in [0.4, 0.5) is 0 Å². The predicted octanol–water partition coefficient (Wildman–Crippen LogP) is 3.87. The third kappa shape index (κ3) is 15.9. The van der Waals surface area contributed by atoms with Crippen molar-refractivity contribution < 1.29 is 14.2 Å². The predicted molar refractivity (Wildman–Crippen MR) is 77.7 cm³/mol. The lowest BCUT2D eigenvalue weighted by Gasteiger charge is -2.33. The molecule has 0 N–H and O–H groups in total. The zero-order valence-electron chi connectivity index (χ0n) is 10.1. The van der Waals surface area contributed by atoms with Gasteiger partial charge in [-0.3, -0.25) is 0 Å². The Hall–Kier alpha value is -0.120. The average molecular weight is 252 g/mol. The third-order valence-electron chi connectivity index (χ3n) is 1.79. The maximum Gasteiger partial charge on any atom is 0.0539 e. The van der Waals surface area contributed by atoms with Crippen LogP contribution >= 0.6 is 0 Å². The molecule has 2 aliphatic rings. The minimum atomic E-state index is 0. The number of methoxy groups -OCH3 is 1. The van der Waals surface area contributed by atoms with E-state index in [0.717, 1.165) is 32.3 Å². The Morgan fingerprint density at radius 2 is 1.18 bits per heavy atom. The van der Waals surface area contributed by atoms with Crippen LogP contribution in [0.25, 0.3) is 0 Å². The van der Waals surface area contributed by atoms with E-state index in [4.69, 9.17) is 9.47 Å². The van der Waals surface area contributed by atoms with Crippen LogP contribution in [0.15, 0.2) is 0 Å². The molecule has 0 bridgehead atoms. The first-order valence-corrected chi connectivity index (χ1v) is 5.07. The minimum Gasteiger partial charge on any atom is -0.388 e. The second kappa shape index (κ2) is 13.9. The normalized spacial score (nSPS) is 18.9. The molecule has 3 nitrogen and oxygen atoms in total. The summed E-state index contributed by atoms with van der Waals surface area (Å²) in [4.78, 5) is 0. The molecule has 2 aliphatic heterocycles. The Bertz CT molecular complexity index is 125. The van der Waals surface area contributed by atoms with Crippen molar-refractivity contribution in [1.82, 2.24) is 0 Å². The van der Waals surface area contributed by atoms with Crippen molar-refractivity contribution >= 4 is 0 Å². The molecule has 0 amide bonds. The fourth-order valence-corrected chi connectivity index (χ4v) is 0.864. The molecular formula is C14H36O3. The van der Waals surface area contributed by atoms with Gasteiger partial charge in [0.1, 0.15) is 0 Å². The highest BCUT2D eigenvalue weighted by Gasteiger charge is 2.26. The molecule has 0 atom stereocenters. The van der Waals surface area contributed by atoms with Gasteiger partial charge in [0.05, 0.1) is 26.4 Å². The highest BCUT2D eigenvalue weighted by molar-refractivity contribution is 4.73. The molecule has 0 radical (unpaired) electrons. The first-order chi connectivity index (χ1) is 6.52. The number of ether oxygens (including phenoxy) is 3. The summed E-state index contributed by atoms with van der Waals surface area (Å²) in [6.07, 6.45) is 0. The largest absolute Gasteiger partial charge is 0.388 e. The fraction of sp³-hybridized carbons (Fsp3) is 1.00. The topological polar surface area (TPSA) is 27.7 Å². The van der Waals surface area contributed by atoms with E-state index in [9.17, 15) is 0 Å². The molecule has 0 aliphatic carbocycles. The van der Waals surface area contributed by atoms with Gasteiger partial charge >= 0.3 is 0 Å². The molecule has 0 spiro atoms. The monoisotopic (exact) mass is 252 g/mol. The van der Waals surface area contributed by atoms with Crippen LogP contribution in [-0.2, 0) is 14.2 Å². The van der Waals surface area contributed by atoms with Gasteiger partial charge in [0.25, 0.3) is 0 Å². The van der Waals surface area contributed by atoms with Gasteiger partial charge in [-0.1, -0.05) is 43.1 Å². The average Bonchev–Trinajstić information content (AvgIpc) is 2.01. The van der Waals surface area contributed by atoms with Gasteiger partial charge < -0.3 is 14.2 Å². The lowest BCUT2D eigenvalue weighted by Crippen LogP contribution is -2.36. The molecule has 2 heterocycles. The molecule has 0 aromatic carbocycles. The summed E-state index contributed by atoms with van der Waals surface area (Å²) in [6, 6.07) is 0. The standard InChI is InChI=1S/C5H10O.C4H8O.C2H6O.3CH4/c1-5(2)3-6-4-5;1-4-2-5-3-4;1-3-2;;;/h3-4H2,1-2H3;4H,2-3H2,1H3;1-2H3;3*1H4. The van der Waals surface area contributed by atoms with Gasteiger partial charge in [0.2, 0.25) is 0 Å². The van der Waals surface area contributed by atoms with E-state index in [1.54, 1.807) is 14.2 Å². The van der Waals surface area contributed by atoms with E-state index in [-0.39, 0.29) is 22.3 Å². The van der Waals surface area contributed by atoms with Crippen LogP contribution in [0.2, 0.25) is 0 Å². The third-order valence-corrected chi connectivity index (χ3v) is 1.79. The summed E-state index contributed by atoms with van der Waals surface area (Å²) in [7, 11) is 3.25. The fourth-order valence-electron chi connectivity index (χ4n) is 0.864. The van der Waals surface area contributed by atoms with Crippen molar-refractivity contribution in [2.24, 2.45) is 11.3 Å². The van der Waals surface area contributed by atoms with Gasteiger partial charge in [-0.15, -0.1) is 0 Å². The van der Waals surface area contributed by atoms with Crippen LogP contribution < -0.4 is 0 Å². The SMILES string of the molecule is C.C.C.CC1(C)COC1.CC1COC1.COC. The van der Waals surface area contributed by atoms with Gasteiger partial charge in [-0.05, 0) is 0 Å². The van der Waals surface area contributed by atoms with Gasteiger partial charge in [0, 0.05) is 25.6 Å². The van der Waals surface area contributed by atoms with E-state index in [1.165, 1.54) is 0 Å². The molecular weight excluding hydrogens is 216 g/mol. The van der Waals surface area contributed by atoms with E-state index >= 15 is 0 Å². The van der Waals surface area contributed by atoms with Gasteiger partial charge in [-0.2, -0.15) is 0 Å². The molecule has 2 rings (SSSR count). The lowest BCUT2D eigenvalue weighted by atomic mass is 9.92. The zero-order chi connectivity index (χ0) is 11.0. The van der Waals surface area contributed by atoms with Gasteiger partial charge in [0.15, 0.2) is 0 Å². The zero-order valence-corrected chi connectivity index (χ0v) is 10.1. The van der Waals surface area contributed by atoms with Crippen LogP contribution in [-0.4, -0.2) is 40.6 Å². The Labute approximate surface area is 110 Å². The lowest BCUT2D eigenvalue weighted by molar-refractivity contribution is -0.0892. The van der Waals surface area contributed by atoms with Gasteiger partial charge in [-0.25, -0.2) is 0 Å². The Morgan fingerprint density at radius 1 is 0.941 bits per heavy atom. The second-order valence-corrected chi connectivity index (χ2v) is 4.71. The summed E-state index contributed by atoms with van der Waals surface area (Å²) in [5.41, 5.74) is 0.500. The Kier molecular flexibility index (Phi) is 21.0. The summed E-state index contributed by atoms with van der Waals surface area (Å²) in [6.45, 7) is 10.5. The Morgan fingerprint density at radius 3 is 1.18 bits per heavy atom. The summed E-state index contributed by atoms with van der Waals surface area (Å²) < 4.78 is 14.0. The first-order valence-electron chi connectivity index (χ1n) is 5.07. The second-order valence-electron chi connectivity index (χ2n) is 4.71. The molecule has 0 saturated carbocycles. The summed E-state index contributed by atoms with van der Waals surface area (Å²) in [5, 5.41) is 0. The molecule has 110 valence electrons. The highest BCUT2D eigenvalue weighted by Crippen LogP contribution is 2.24. The van der Waals surface area contributed by atoms with Crippen molar-refractivity contribution in [3.63, 3.8) is 0 Å². The van der Waals surface area contributed by atoms with E-state index in [2.05, 4.69) is 25.5 Å². The van der Waals surface area contributed by atoms with Crippen LogP contribution in [0.3, 0.4) is 0 Å². The maximum absolute atomic E-state index is 4.94. The van der Waals surface area contributed by atoms with E-state index in [0.29, 0.717) is 5.41 Å². The number of hydrogen-bond donors (Lipinski definition) is 0. The molecule has 3 heteroatoms. The summed E-state index contributed by atoms with van der Waals surface area (Å²) in [5.74, 6) is 0.843. The number of rotatable bonds is 0.